The van der Waals surface area contributed by atoms with Crippen molar-refractivity contribution in [3.8, 4) is 0 Å². The van der Waals surface area contributed by atoms with E-state index >= 15 is 0 Å². The van der Waals surface area contributed by atoms with Crippen LogP contribution < -0.4 is 0 Å². The molecule has 165 valence electrons. The third kappa shape index (κ3) is 4.30. The number of ketones is 1. The van der Waals surface area contributed by atoms with E-state index in [0.717, 1.165) is 23.7 Å². The predicted molar refractivity (Wildman–Crippen MR) is 99.7 cm³/mol. The van der Waals surface area contributed by atoms with Gasteiger partial charge in [0.15, 0.2) is 0 Å². The predicted octanol–water partition coefficient (Wildman–Crippen LogP) is 7.53. The summed E-state index contributed by atoms with van der Waals surface area (Å²) in [5.41, 5.74) is 6.20. The molecule has 1 radical (unpaired) electrons. The molecule has 9 heteroatoms. The Labute approximate surface area is 166 Å². The first-order chi connectivity index (χ1) is 13.3. The van der Waals surface area contributed by atoms with E-state index in [1.165, 1.54) is 63.3 Å². The quantitative estimate of drug-likeness (QED) is 0.233. The molecule has 0 amide bonds. The summed E-state index contributed by atoms with van der Waals surface area (Å²) < 4.78 is 71.3. The molecule has 0 aromatic heterocycles. The molecule has 0 aliphatic heterocycles. The van der Waals surface area contributed by atoms with E-state index in [4.69, 9.17) is 9.16 Å². The molecule has 0 saturated heterocycles. The van der Waals surface area contributed by atoms with Crippen molar-refractivity contribution in [1.82, 2.24) is 0 Å². The molecule has 7 aliphatic carbocycles. The Kier molecular flexibility index (Phi) is 4.65. The van der Waals surface area contributed by atoms with E-state index in [1.807, 2.05) is 14.2 Å². The van der Waals surface area contributed by atoms with Gasteiger partial charge in [0.1, 0.15) is 6.10 Å². The maximum atomic E-state index is 9.87. The van der Waals surface area contributed by atoms with Gasteiger partial charge in [-0.15, -0.1) is 0 Å². The molecule has 0 aromatic carbocycles. The number of carbonyl (C=O) groups excluding carboxylic acids is 1. The first-order valence-corrected chi connectivity index (χ1v) is 12.2. The first kappa shape index (κ1) is 21.4. The van der Waals surface area contributed by atoms with Crippen LogP contribution in [0.4, 0.5) is 25.2 Å². The van der Waals surface area contributed by atoms with Crippen molar-refractivity contribution in [2.24, 2.45) is 23.7 Å². The van der Waals surface area contributed by atoms with Crippen molar-refractivity contribution in [3.05, 3.63) is 28.4 Å². The van der Waals surface area contributed by atoms with E-state index in [9.17, 15) is 25.2 Å². The SMILES string of the molecule is CO[C]1C2=C(C(=[O+]C)C3=C1C1CCC3CC1)C1CCC2CC1.F[P-](F)(F)(F)(F)F. The molecule has 4 bridgehead atoms. The van der Waals surface area contributed by atoms with Gasteiger partial charge in [0, 0.05) is 7.11 Å². The van der Waals surface area contributed by atoms with Crippen LogP contribution in [-0.2, 0) is 9.16 Å². The van der Waals surface area contributed by atoms with Gasteiger partial charge in [0.2, 0.25) is 0 Å². The van der Waals surface area contributed by atoms with Gasteiger partial charge < -0.3 is 4.74 Å². The van der Waals surface area contributed by atoms with E-state index in [1.54, 1.807) is 22.3 Å². The second kappa shape index (κ2) is 6.32. The molecule has 0 aromatic rings. The van der Waals surface area contributed by atoms with Gasteiger partial charge in [-0.2, -0.15) is 0 Å². The minimum absolute atomic E-state index is 0.717. The molecule has 0 heterocycles. The molecule has 7 rings (SSSR count). The third-order valence-electron chi connectivity index (χ3n) is 7.05. The van der Waals surface area contributed by atoms with E-state index in [-0.39, 0.29) is 0 Å². The summed E-state index contributed by atoms with van der Waals surface area (Å²) >= 11 is 0. The summed E-state index contributed by atoms with van der Waals surface area (Å²) in [4.78, 5) is 0. The number of hydrogen-bond donors (Lipinski definition) is 0. The van der Waals surface area contributed by atoms with Crippen molar-refractivity contribution in [3.63, 3.8) is 0 Å². The number of ether oxygens (including phenoxy) is 1. The summed E-state index contributed by atoms with van der Waals surface area (Å²) in [7, 11) is -6.87. The number of methoxy groups -OCH3 is 1. The van der Waals surface area contributed by atoms with Crippen LogP contribution in [0.25, 0.3) is 0 Å². The topological polar surface area (TPSA) is 20.5 Å². The molecule has 2 saturated carbocycles. The van der Waals surface area contributed by atoms with Crippen molar-refractivity contribution in [2.75, 3.05) is 14.2 Å². The molecule has 0 N–H and O–H groups in total. The molecular weight excluding hydrogens is 417 g/mol. The summed E-state index contributed by atoms with van der Waals surface area (Å²) in [6.07, 6.45) is 12.1. The summed E-state index contributed by atoms with van der Waals surface area (Å²) in [6, 6.07) is 0. The van der Waals surface area contributed by atoms with Crippen LogP contribution in [0.1, 0.15) is 51.4 Å². The third-order valence-corrected chi connectivity index (χ3v) is 7.05. The number of allylic oxidation sites excluding steroid dienone is 2. The Morgan fingerprint density at radius 3 is 1.17 bits per heavy atom. The molecule has 0 spiro atoms. The summed E-state index contributed by atoms with van der Waals surface area (Å²) in [6.45, 7) is 0. The van der Waals surface area contributed by atoms with E-state index < -0.39 is 7.81 Å². The fraction of sp³-hybridized carbons (Fsp3) is 0.700. The van der Waals surface area contributed by atoms with Crippen LogP contribution in [0, 0.1) is 29.8 Å². The van der Waals surface area contributed by atoms with Crippen molar-refractivity contribution in [1.29, 1.82) is 0 Å². The summed E-state index contributed by atoms with van der Waals surface area (Å²) in [5, 5.41) is 0. The monoisotopic (exact) mass is 443 g/mol. The average molecular weight is 443 g/mol. The molecular formula is C20H26F6O2P. The van der Waals surface area contributed by atoms with Gasteiger partial charge in [0.05, 0.1) is 11.1 Å². The second-order valence-electron chi connectivity index (χ2n) is 8.78. The van der Waals surface area contributed by atoms with Gasteiger partial charge >= 0.3 is 38.8 Å². The number of hydrogen-bond acceptors (Lipinski definition) is 1. The van der Waals surface area contributed by atoms with Crippen molar-refractivity contribution >= 4 is 13.6 Å². The Morgan fingerprint density at radius 1 is 0.655 bits per heavy atom. The molecule has 29 heavy (non-hydrogen) atoms. The van der Waals surface area contributed by atoms with Crippen LogP contribution in [0.2, 0.25) is 0 Å². The fourth-order valence-corrected chi connectivity index (χ4v) is 6.18. The summed E-state index contributed by atoms with van der Waals surface area (Å²) in [5.74, 6) is 4.14. The average Bonchev–Trinajstić information content (AvgIpc) is 2.65. The first-order valence-electron chi connectivity index (χ1n) is 10.2. The number of fused-ring (bicyclic) bond motifs is 4. The van der Waals surface area contributed by atoms with Crippen molar-refractivity contribution < 1.29 is 34.3 Å². The molecule has 0 unspecified atom stereocenters. The molecule has 0 atom stereocenters. The Balaban J connectivity index is 0.000000255. The van der Waals surface area contributed by atoms with Crippen LogP contribution in [0.3, 0.4) is 0 Å². The zero-order valence-corrected chi connectivity index (χ0v) is 17.4. The molecule has 2 fully saturated rings. The van der Waals surface area contributed by atoms with E-state index in [2.05, 4.69) is 0 Å². The Hall–Kier alpha value is -0.880. The normalized spacial score (nSPS) is 36.1. The Morgan fingerprint density at radius 2 is 0.931 bits per heavy atom. The van der Waals surface area contributed by atoms with Gasteiger partial charge in [0.25, 0.3) is 7.11 Å². The van der Waals surface area contributed by atoms with E-state index in [0.29, 0.717) is 0 Å². The Bertz CT molecular complexity index is 735. The van der Waals surface area contributed by atoms with Crippen molar-refractivity contribution in [2.45, 2.75) is 51.4 Å². The van der Waals surface area contributed by atoms with Crippen LogP contribution in [0.15, 0.2) is 22.3 Å². The number of halogens is 6. The zero-order valence-electron chi connectivity index (χ0n) is 16.5. The van der Waals surface area contributed by atoms with Crippen LogP contribution in [0.5, 0.6) is 0 Å². The zero-order chi connectivity index (χ0) is 21.3. The molecule has 7 aliphatic rings. The van der Waals surface area contributed by atoms with Crippen LogP contribution >= 0.6 is 7.81 Å². The van der Waals surface area contributed by atoms with Crippen LogP contribution in [-0.4, -0.2) is 20.0 Å². The minimum atomic E-state index is -10.7. The van der Waals surface area contributed by atoms with Gasteiger partial charge in [-0.25, -0.2) is 0 Å². The van der Waals surface area contributed by atoms with Gasteiger partial charge in [-0.1, -0.05) is 0 Å². The van der Waals surface area contributed by atoms with Gasteiger partial charge in [-0.05, 0) is 86.2 Å². The molecule has 2 nitrogen and oxygen atoms in total. The fourth-order valence-electron chi connectivity index (χ4n) is 6.18. The maximum absolute atomic E-state index is 10.7. The van der Waals surface area contributed by atoms with Gasteiger partial charge in [-0.3, -0.25) is 4.42 Å². The number of rotatable bonds is 1. The second-order valence-corrected chi connectivity index (χ2v) is 10.7. The standard InChI is InChI=1S/C20H26O2.F6P/c1-21-19-15-11-3-7-13(8-4-11)17(15)20(22-2)18-14-9-5-12(6-10-14)16(18)19;1-7(2,3,4,5)6/h11-14H,3-10H2,1-2H3;/q+1;-1.